The van der Waals surface area contributed by atoms with Crippen LogP contribution in [0.25, 0.3) is 11.0 Å². The minimum atomic E-state index is -0.535. The third kappa shape index (κ3) is 4.53. The van der Waals surface area contributed by atoms with E-state index in [1.165, 1.54) is 15.6 Å². The lowest BCUT2D eigenvalue weighted by molar-refractivity contribution is -0.123. The number of halogens is 1. The van der Waals surface area contributed by atoms with E-state index in [1.807, 2.05) is 20.8 Å². The first-order chi connectivity index (χ1) is 13.6. The van der Waals surface area contributed by atoms with E-state index in [9.17, 15) is 14.4 Å². The van der Waals surface area contributed by atoms with Crippen molar-refractivity contribution < 1.29 is 9.59 Å². The third-order valence-electron chi connectivity index (χ3n) is 4.17. The molecule has 1 aromatic carbocycles. The molecule has 9 nitrogen and oxygen atoms in total. The van der Waals surface area contributed by atoms with Crippen LogP contribution in [0, 0.1) is 5.41 Å². The maximum Gasteiger partial charge on any atom is 0.266 e. The van der Waals surface area contributed by atoms with E-state index in [4.69, 9.17) is 0 Å². The van der Waals surface area contributed by atoms with E-state index in [-0.39, 0.29) is 18.0 Å². The van der Waals surface area contributed by atoms with Gasteiger partial charge in [-0.25, -0.2) is 9.67 Å². The Bertz CT molecular complexity index is 1160. The Labute approximate surface area is 175 Å². The van der Waals surface area contributed by atoms with Gasteiger partial charge in [0.1, 0.15) is 22.9 Å². The molecule has 2 heterocycles. The van der Waals surface area contributed by atoms with Crippen LogP contribution in [0.1, 0.15) is 20.8 Å². The highest BCUT2D eigenvalue weighted by molar-refractivity contribution is 9.10. The Balaban J connectivity index is 1.75. The lowest BCUT2D eigenvalue weighted by Gasteiger charge is -2.18. The average molecular weight is 461 g/mol. The molecule has 152 valence electrons. The highest BCUT2D eigenvalue weighted by atomic mass is 79.9. The maximum atomic E-state index is 12.6. The minimum absolute atomic E-state index is 0.131. The van der Waals surface area contributed by atoms with Gasteiger partial charge in [-0.1, -0.05) is 26.8 Å². The standard InChI is InChI=1S/C19H21BrN6O3/c1-19(2,3)18(29)23-12-7-5-6-11(8-12)22-13(27)9-26-10-21-16-14(17(26)28)15(20)24-25(16)4/h5-8,10H,9H2,1-4H3,(H,22,27)(H,23,29). The van der Waals surface area contributed by atoms with E-state index in [0.717, 1.165) is 0 Å². The number of carbonyl (C=O) groups excluding carboxylic acids is 2. The number of aromatic nitrogens is 4. The first-order valence-corrected chi connectivity index (χ1v) is 9.64. The smallest absolute Gasteiger partial charge is 0.266 e. The lowest BCUT2D eigenvalue weighted by atomic mass is 9.95. The summed E-state index contributed by atoms with van der Waals surface area (Å²) in [7, 11) is 1.68. The monoisotopic (exact) mass is 460 g/mol. The zero-order valence-corrected chi connectivity index (χ0v) is 18.1. The van der Waals surface area contributed by atoms with Gasteiger partial charge in [0.2, 0.25) is 11.8 Å². The van der Waals surface area contributed by atoms with Gasteiger partial charge in [0.15, 0.2) is 5.65 Å². The van der Waals surface area contributed by atoms with Crippen molar-refractivity contribution in [2.24, 2.45) is 12.5 Å². The molecule has 2 aromatic heterocycles. The lowest BCUT2D eigenvalue weighted by Crippen LogP contribution is -2.28. The fourth-order valence-corrected chi connectivity index (χ4v) is 3.18. The van der Waals surface area contributed by atoms with Crippen LogP contribution in [0.15, 0.2) is 40.0 Å². The van der Waals surface area contributed by atoms with Gasteiger partial charge in [-0.05, 0) is 34.1 Å². The molecular weight excluding hydrogens is 440 g/mol. The summed E-state index contributed by atoms with van der Waals surface area (Å²) in [6.07, 6.45) is 1.32. The third-order valence-corrected chi connectivity index (χ3v) is 4.72. The largest absolute Gasteiger partial charge is 0.326 e. The van der Waals surface area contributed by atoms with E-state index in [2.05, 4.69) is 36.6 Å². The summed E-state index contributed by atoms with van der Waals surface area (Å²) in [5.41, 5.74) is 0.609. The fourth-order valence-electron chi connectivity index (χ4n) is 2.60. The number of benzene rings is 1. The SMILES string of the molecule is Cn1nc(Br)c2c(=O)n(CC(=O)Nc3cccc(NC(=O)C(C)(C)C)c3)cnc21. The van der Waals surface area contributed by atoms with Crippen molar-refractivity contribution in [1.29, 1.82) is 0 Å². The van der Waals surface area contributed by atoms with Gasteiger partial charge in [-0.3, -0.25) is 19.0 Å². The molecule has 0 unspecified atom stereocenters. The summed E-state index contributed by atoms with van der Waals surface area (Å²) < 4.78 is 3.09. The van der Waals surface area contributed by atoms with Crippen molar-refractivity contribution in [2.45, 2.75) is 27.3 Å². The Morgan fingerprint density at radius 1 is 1.17 bits per heavy atom. The number of carbonyl (C=O) groups is 2. The van der Waals surface area contributed by atoms with Crippen molar-refractivity contribution >= 4 is 50.2 Å². The van der Waals surface area contributed by atoms with Crippen LogP contribution in [-0.2, 0) is 23.2 Å². The molecule has 3 rings (SSSR count). The van der Waals surface area contributed by atoms with Crippen LogP contribution in [-0.4, -0.2) is 31.1 Å². The Kier molecular flexibility index (Phi) is 5.56. The van der Waals surface area contributed by atoms with E-state index >= 15 is 0 Å². The van der Waals surface area contributed by atoms with Gasteiger partial charge in [0.25, 0.3) is 5.56 Å². The van der Waals surface area contributed by atoms with Crippen LogP contribution in [0.4, 0.5) is 11.4 Å². The van der Waals surface area contributed by atoms with Crippen molar-refractivity contribution in [3.8, 4) is 0 Å². The Morgan fingerprint density at radius 3 is 2.48 bits per heavy atom. The van der Waals surface area contributed by atoms with Gasteiger partial charge >= 0.3 is 0 Å². The molecule has 3 aromatic rings. The molecule has 0 saturated heterocycles. The summed E-state index contributed by atoms with van der Waals surface area (Å²) in [4.78, 5) is 41.4. The van der Waals surface area contributed by atoms with Crippen molar-refractivity contribution in [3.05, 3.63) is 45.5 Å². The molecule has 0 atom stereocenters. The van der Waals surface area contributed by atoms with Crippen molar-refractivity contribution in [3.63, 3.8) is 0 Å². The zero-order chi connectivity index (χ0) is 21.3. The molecule has 29 heavy (non-hydrogen) atoms. The first-order valence-electron chi connectivity index (χ1n) is 8.85. The highest BCUT2D eigenvalue weighted by Crippen LogP contribution is 2.20. The molecule has 0 saturated carbocycles. The number of hydrogen-bond donors (Lipinski definition) is 2. The van der Waals surface area contributed by atoms with Crippen LogP contribution in [0.5, 0.6) is 0 Å². The first kappa shape index (κ1) is 20.7. The highest BCUT2D eigenvalue weighted by Gasteiger charge is 2.21. The topological polar surface area (TPSA) is 111 Å². The van der Waals surface area contributed by atoms with E-state index in [0.29, 0.717) is 27.0 Å². The van der Waals surface area contributed by atoms with E-state index < -0.39 is 11.3 Å². The summed E-state index contributed by atoms with van der Waals surface area (Å²) in [6.45, 7) is 5.24. The summed E-state index contributed by atoms with van der Waals surface area (Å²) in [6, 6.07) is 6.82. The second-order valence-electron chi connectivity index (χ2n) is 7.62. The number of aryl methyl sites for hydroxylation is 1. The van der Waals surface area contributed by atoms with Crippen LogP contribution in [0.2, 0.25) is 0 Å². The second-order valence-corrected chi connectivity index (χ2v) is 8.37. The van der Waals surface area contributed by atoms with E-state index in [1.54, 1.807) is 31.3 Å². The predicted octanol–water partition coefficient (Wildman–Crippen LogP) is 2.52. The molecule has 2 amide bonds. The number of nitrogens with one attached hydrogen (secondary N) is 2. The summed E-state index contributed by atoms with van der Waals surface area (Å²) in [5, 5.41) is 9.97. The molecule has 0 aliphatic heterocycles. The number of hydrogen-bond acceptors (Lipinski definition) is 5. The van der Waals surface area contributed by atoms with Crippen LogP contribution in [0.3, 0.4) is 0 Å². The molecule has 0 spiro atoms. The Hall–Kier alpha value is -3.01. The molecule has 0 fully saturated rings. The maximum absolute atomic E-state index is 12.6. The number of rotatable bonds is 4. The predicted molar refractivity (Wildman–Crippen MR) is 114 cm³/mol. The molecule has 2 N–H and O–H groups in total. The number of nitrogens with zero attached hydrogens (tertiary/aromatic N) is 4. The van der Waals surface area contributed by atoms with Crippen molar-refractivity contribution in [1.82, 2.24) is 19.3 Å². The minimum Gasteiger partial charge on any atom is -0.326 e. The van der Waals surface area contributed by atoms with Gasteiger partial charge in [-0.15, -0.1) is 0 Å². The summed E-state index contributed by atoms with van der Waals surface area (Å²) >= 11 is 3.24. The van der Waals surface area contributed by atoms with Crippen LogP contribution < -0.4 is 16.2 Å². The Morgan fingerprint density at radius 2 is 1.83 bits per heavy atom. The molecule has 0 radical (unpaired) electrons. The zero-order valence-electron chi connectivity index (χ0n) is 16.5. The fraction of sp³-hybridized carbons (Fsp3) is 0.316. The molecule has 0 aliphatic carbocycles. The van der Waals surface area contributed by atoms with Crippen LogP contribution >= 0.6 is 15.9 Å². The van der Waals surface area contributed by atoms with Gasteiger partial charge in [0.05, 0.1) is 0 Å². The number of fused-ring (bicyclic) bond motifs is 1. The quantitative estimate of drug-likeness (QED) is 0.621. The second kappa shape index (κ2) is 7.78. The van der Waals surface area contributed by atoms with Gasteiger partial charge < -0.3 is 10.6 Å². The van der Waals surface area contributed by atoms with Gasteiger partial charge in [0, 0.05) is 23.8 Å². The molecule has 10 heteroatoms. The summed E-state index contributed by atoms with van der Waals surface area (Å²) in [5.74, 6) is -0.526. The molecule has 0 bridgehead atoms. The normalized spacial score (nSPS) is 11.5. The molecular formula is C19H21BrN6O3. The van der Waals surface area contributed by atoms with Crippen molar-refractivity contribution in [2.75, 3.05) is 10.6 Å². The average Bonchev–Trinajstić information content (AvgIpc) is 2.91. The number of anilines is 2. The number of amides is 2. The van der Waals surface area contributed by atoms with Gasteiger partial charge in [-0.2, -0.15) is 5.10 Å². The molecule has 0 aliphatic rings.